The summed E-state index contributed by atoms with van der Waals surface area (Å²) in [5.74, 6) is 0.765. The number of nitrogens with two attached hydrogens (primary N) is 1. The Balaban J connectivity index is 1.67. The summed E-state index contributed by atoms with van der Waals surface area (Å²) >= 11 is 5.86. The minimum Gasteiger partial charge on any atom is -0.368 e. The van der Waals surface area contributed by atoms with Gasteiger partial charge in [0.05, 0.1) is 6.33 Å². The number of nitrogen functional groups attached to an aromatic ring is 1. The molecular formula is C15H15ClN6. The Kier molecular flexibility index (Phi) is 4.20. The van der Waals surface area contributed by atoms with Gasteiger partial charge in [0.15, 0.2) is 0 Å². The van der Waals surface area contributed by atoms with E-state index in [9.17, 15) is 0 Å². The van der Waals surface area contributed by atoms with Gasteiger partial charge < -0.3 is 15.6 Å². The number of imidazole rings is 1. The molecule has 0 saturated heterocycles. The van der Waals surface area contributed by atoms with Gasteiger partial charge >= 0.3 is 0 Å². The third-order valence-electron chi connectivity index (χ3n) is 3.10. The maximum Gasteiger partial charge on any atom is 0.223 e. The molecule has 6 nitrogen and oxygen atoms in total. The van der Waals surface area contributed by atoms with Crippen molar-refractivity contribution in [3.05, 3.63) is 65.3 Å². The van der Waals surface area contributed by atoms with E-state index in [4.69, 9.17) is 17.3 Å². The Morgan fingerprint density at radius 3 is 2.82 bits per heavy atom. The molecule has 0 fully saturated rings. The van der Waals surface area contributed by atoms with Crippen LogP contribution in [0.3, 0.4) is 0 Å². The number of benzene rings is 1. The Morgan fingerprint density at radius 1 is 1.18 bits per heavy atom. The number of halogens is 1. The molecule has 7 heteroatoms. The van der Waals surface area contributed by atoms with Gasteiger partial charge in [0.25, 0.3) is 0 Å². The summed E-state index contributed by atoms with van der Waals surface area (Å²) < 4.78 is 2.03. The summed E-state index contributed by atoms with van der Waals surface area (Å²) in [6.07, 6.45) is 5.52. The number of hydrogen-bond donors (Lipinski definition) is 2. The van der Waals surface area contributed by atoms with Gasteiger partial charge in [0.1, 0.15) is 11.0 Å². The van der Waals surface area contributed by atoms with Crippen LogP contribution in [0, 0.1) is 0 Å². The lowest BCUT2D eigenvalue weighted by atomic mass is 10.1. The summed E-state index contributed by atoms with van der Waals surface area (Å²) in [5, 5.41) is 3.52. The zero-order chi connectivity index (χ0) is 15.4. The zero-order valence-corrected chi connectivity index (χ0v) is 12.5. The molecule has 0 saturated carbocycles. The molecule has 0 aliphatic rings. The van der Waals surface area contributed by atoms with Crippen molar-refractivity contribution >= 4 is 23.4 Å². The van der Waals surface area contributed by atoms with Crippen LogP contribution in [0.15, 0.2) is 49.1 Å². The van der Waals surface area contributed by atoms with E-state index >= 15 is 0 Å². The topological polar surface area (TPSA) is 81.6 Å². The number of hydrogen-bond acceptors (Lipinski definition) is 5. The van der Waals surface area contributed by atoms with E-state index in [1.54, 1.807) is 18.6 Å². The maximum absolute atomic E-state index is 5.86. The second kappa shape index (κ2) is 6.44. The third-order valence-corrected chi connectivity index (χ3v) is 3.30. The normalized spacial score (nSPS) is 10.6. The van der Waals surface area contributed by atoms with Crippen LogP contribution in [-0.4, -0.2) is 19.5 Å². The first-order chi connectivity index (χ1) is 10.7. The van der Waals surface area contributed by atoms with E-state index in [0.29, 0.717) is 17.5 Å². The minimum absolute atomic E-state index is 0.156. The number of aromatic nitrogens is 4. The van der Waals surface area contributed by atoms with E-state index in [2.05, 4.69) is 38.5 Å². The second-order valence-electron chi connectivity index (χ2n) is 4.84. The Hall–Kier alpha value is -2.60. The first-order valence-corrected chi connectivity index (χ1v) is 7.14. The Bertz CT molecular complexity index is 736. The summed E-state index contributed by atoms with van der Waals surface area (Å²) in [4.78, 5) is 12.0. The molecule has 3 aromatic rings. The standard InChI is InChI=1S/C15H15ClN6/c16-13-7-14(21-15(17)20-13)19-8-11-2-1-3-12(6-11)9-22-5-4-18-10-22/h1-7,10H,8-9H2,(H3,17,19,20,21). The highest BCUT2D eigenvalue weighted by molar-refractivity contribution is 6.29. The number of anilines is 2. The smallest absolute Gasteiger partial charge is 0.223 e. The lowest BCUT2D eigenvalue weighted by Crippen LogP contribution is -2.05. The van der Waals surface area contributed by atoms with Gasteiger partial charge in [0, 0.05) is 31.5 Å². The quantitative estimate of drug-likeness (QED) is 0.707. The first kappa shape index (κ1) is 14.3. The molecule has 0 unspecified atom stereocenters. The van der Waals surface area contributed by atoms with Crippen LogP contribution in [0.4, 0.5) is 11.8 Å². The van der Waals surface area contributed by atoms with Crippen LogP contribution < -0.4 is 11.1 Å². The first-order valence-electron chi connectivity index (χ1n) is 6.76. The molecule has 2 heterocycles. The molecule has 0 amide bonds. The van der Waals surface area contributed by atoms with Gasteiger partial charge in [-0.2, -0.15) is 4.98 Å². The fourth-order valence-corrected chi connectivity index (χ4v) is 2.34. The molecule has 3 N–H and O–H groups in total. The largest absolute Gasteiger partial charge is 0.368 e. The van der Waals surface area contributed by atoms with Crippen LogP contribution in [0.1, 0.15) is 11.1 Å². The Morgan fingerprint density at radius 2 is 2.05 bits per heavy atom. The van der Waals surface area contributed by atoms with Gasteiger partial charge in [-0.05, 0) is 11.1 Å². The van der Waals surface area contributed by atoms with Crippen molar-refractivity contribution in [3.63, 3.8) is 0 Å². The van der Waals surface area contributed by atoms with Crippen molar-refractivity contribution in [2.24, 2.45) is 0 Å². The number of rotatable bonds is 5. The average Bonchev–Trinajstić information content (AvgIpc) is 2.97. The van der Waals surface area contributed by atoms with E-state index in [1.165, 1.54) is 5.56 Å². The summed E-state index contributed by atoms with van der Waals surface area (Å²) in [5.41, 5.74) is 7.92. The molecule has 0 aliphatic heterocycles. The molecule has 0 radical (unpaired) electrons. The molecule has 2 aromatic heterocycles. The summed E-state index contributed by atoms with van der Waals surface area (Å²) in [7, 11) is 0. The van der Waals surface area contributed by atoms with Crippen LogP contribution in [0.25, 0.3) is 0 Å². The number of nitrogens with zero attached hydrogens (tertiary/aromatic N) is 4. The lowest BCUT2D eigenvalue weighted by molar-refractivity contribution is 0.796. The van der Waals surface area contributed by atoms with Gasteiger partial charge in [0.2, 0.25) is 5.95 Å². The molecule has 0 aliphatic carbocycles. The van der Waals surface area contributed by atoms with E-state index in [1.807, 2.05) is 16.8 Å². The van der Waals surface area contributed by atoms with E-state index in [0.717, 1.165) is 12.1 Å². The van der Waals surface area contributed by atoms with Crippen LogP contribution in [-0.2, 0) is 13.1 Å². The highest BCUT2D eigenvalue weighted by Gasteiger charge is 2.02. The molecule has 3 rings (SSSR count). The molecule has 0 spiro atoms. The highest BCUT2D eigenvalue weighted by Crippen LogP contribution is 2.14. The van der Waals surface area contributed by atoms with Crippen molar-refractivity contribution in [3.8, 4) is 0 Å². The van der Waals surface area contributed by atoms with Gasteiger partial charge in [-0.15, -0.1) is 0 Å². The van der Waals surface area contributed by atoms with Crippen molar-refractivity contribution < 1.29 is 0 Å². The summed E-state index contributed by atoms with van der Waals surface area (Å²) in [6, 6.07) is 9.95. The van der Waals surface area contributed by atoms with Gasteiger partial charge in [-0.3, -0.25) is 0 Å². The zero-order valence-electron chi connectivity index (χ0n) is 11.8. The fourth-order valence-electron chi connectivity index (χ4n) is 2.15. The molecule has 0 bridgehead atoms. The summed E-state index contributed by atoms with van der Waals surface area (Å²) in [6.45, 7) is 1.42. The fraction of sp³-hybridized carbons (Fsp3) is 0.133. The monoisotopic (exact) mass is 314 g/mol. The van der Waals surface area contributed by atoms with E-state index in [-0.39, 0.29) is 5.95 Å². The van der Waals surface area contributed by atoms with Crippen molar-refractivity contribution in [1.29, 1.82) is 0 Å². The van der Waals surface area contributed by atoms with Crippen LogP contribution in [0.5, 0.6) is 0 Å². The Labute approximate surface area is 133 Å². The highest BCUT2D eigenvalue weighted by atomic mass is 35.5. The third kappa shape index (κ3) is 3.73. The second-order valence-corrected chi connectivity index (χ2v) is 5.23. The lowest BCUT2D eigenvalue weighted by Gasteiger charge is -2.09. The van der Waals surface area contributed by atoms with Crippen molar-refractivity contribution in [1.82, 2.24) is 19.5 Å². The molecule has 1 aromatic carbocycles. The minimum atomic E-state index is 0.156. The number of nitrogens with one attached hydrogen (secondary N) is 1. The van der Waals surface area contributed by atoms with Crippen molar-refractivity contribution in [2.75, 3.05) is 11.1 Å². The molecular weight excluding hydrogens is 300 g/mol. The van der Waals surface area contributed by atoms with E-state index < -0.39 is 0 Å². The molecule has 22 heavy (non-hydrogen) atoms. The average molecular weight is 315 g/mol. The van der Waals surface area contributed by atoms with Crippen molar-refractivity contribution in [2.45, 2.75) is 13.1 Å². The predicted octanol–water partition coefficient (Wildman–Crippen LogP) is 2.57. The predicted molar refractivity (Wildman–Crippen MR) is 86.6 cm³/mol. The molecule has 0 atom stereocenters. The van der Waals surface area contributed by atoms with Crippen LogP contribution >= 0.6 is 11.6 Å². The molecule has 112 valence electrons. The van der Waals surface area contributed by atoms with Gasteiger partial charge in [-0.25, -0.2) is 9.97 Å². The van der Waals surface area contributed by atoms with Gasteiger partial charge in [-0.1, -0.05) is 35.9 Å². The van der Waals surface area contributed by atoms with Crippen LogP contribution in [0.2, 0.25) is 5.15 Å². The SMILES string of the molecule is Nc1nc(Cl)cc(NCc2cccc(Cn3ccnc3)c2)n1. The maximum atomic E-state index is 5.86.